The van der Waals surface area contributed by atoms with E-state index in [1.54, 1.807) is 0 Å². The third-order valence-electron chi connectivity index (χ3n) is 9.64. The van der Waals surface area contributed by atoms with Crippen LogP contribution in [0, 0.1) is 0 Å². The van der Waals surface area contributed by atoms with E-state index in [2.05, 4.69) is 144 Å². The summed E-state index contributed by atoms with van der Waals surface area (Å²) >= 11 is 0. The predicted molar refractivity (Wildman–Crippen MR) is 203 cm³/mol. The van der Waals surface area contributed by atoms with Gasteiger partial charge in [-0.2, -0.15) is 9.97 Å². The molecule has 0 aliphatic heterocycles. The summed E-state index contributed by atoms with van der Waals surface area (Å²) in [6, 6.07) is 59.9. The maximum absolute atomic E-state index is 5.15. The lowest BCUT2D eigenvalue weighted by Gasteiger charge is -2.15. The van der Waals surface area contributed by atoms with Gasteiger partial charge in [0.15, 0.2) is 11.6 Å². The van der Waals surface area contributed by atoms with E-state index >= 15 is 0 Å². The number of benzene rings is 8. The van der Waals surface area contributed by atoms with Gasteiger partial charge in [-0.1, -0.05) is 152 Å². The van der Waals surface area contributed by atoms with Gasteiger partial charge in [0.05, 0.1) is 11.0 Å². The molecule has 49 heavy (non-hydrogen) atoms. The first-order valence-electron chi connectivity index (χ1n) is 16.5. The number of fused-ring (bicyclic) bond motifs is 7. The topological polar surface area (TPSA) is 43.6 Å². The Hall–Kier alpha value is -6.65. The molecule has 2 aromatic heterocycles. The average Bonchev–Trinajstić information content (AvgIpc) is 3.52. The second-order valence-electron chi connectivity index (χ2n) is 12.5. The molecule has 0 N–H and O–H groups in total. The number of aromatic nitrogens is 4. The molecule has 0 unspecified atom stereocenters. The van der Waals surface area contributed by atoms with Gasteiger partial charge in [0, 0.05) is 21.9 Å². The van der Waals surface area contributed by atoms with Crippen LogP contribution in [0.25, 0.3) is 94.0 Å². The van der Waals surface area contributed by atoms with Crippen molar-refractivity contribution in [1.82, 2.24) is 19.5 Å². The monoisotopic (exact) mass is 624 g/mol. The van der Waals surface area contributed by atoms with Crippen molar-refractivity contribution in [3.8, 4) is 39.9 Å². The van der Waals surface area contributed by atoms with Crippen LogP contribution in [0.2, 0.25) is 0 Å². The molecule has 0 bridgehead atoms. The summed E-state index contributed by atoms with van der Waals surface area (Å²) in [5.41, 5.74) is 6.38. The Morgan fingerprint density at radius 3 is 1.55 bits per heavy atom. The lowest BCUT2D eigenvalue weighted by Crippen LogP contribution is -2.06. The van der Waals surface area contributed by atoms with Gasteiger partial charge in [-0.15, -0.1) is 0 Å². The third kappa shape index (κ3) is 4.42. The summed E-state index contributed by atoms with van der Waals surface area (Å²) in [4.78, 5) is 15.3. The Morgan fingerprint density at radius 2 is 0.857 bits per heavy atom. The Bertz CT molecular complexity index is 2820. The fourth-order valence-corrected chi connectivity index (χ4v) is 7.37. The molecule has 10 aromatic rings. The van der Waals surface area contributed by atoms with Crippen molar-refractivity contribution < 1.29 is 0 Å². The molecule has 0 amide bonds. The standard InChI is InChI=1S/C45H28N4/c1-2-13-31(14-3-1)43-46-44(48-45(47-43)49-40-20-10-8-18-36(40)37-19-9-11-21-41(37)49)32-24-22-30(23-25-32)42-35-17-7-5-15-33(35)28-39-34-16-6-4-12-29(34)26-27-38(39)42/h1-28H. The van der Waals surface area contributed by atoms with Crippen LogP contribution in [0.4, 0.5) is 0 Å². The van der Waals surface area contributed by atoms with E-state index in [0.29, 0.717) is 17.6 Å². The van der Waals surface area contributed by atoms with Gasteiger partial charge in [0.25, 0.3) is 0 Å². The Morgan fingerprint density at radius 1 is 0.327 bits per heavy atom. The number of hydrogen-bond donors (Lipinski definition) is 0. The quantitative estimate of drug-likeness (QED) is 0.145. The summed E-state index contributed by atoms with van der Waals surface area (Å²) in [6.07, 6.45) is 0. The molecule has 0 spiro atoms. The molecule has 0 fully saturated rings. The summed E-state index contributed by atoms with van der Waals surface area (Å²) in [5.74, 6) is 1.86. The Kier molecular flexibility index (Phi) is 6.15. The van der Waals surface area contributed by atoms with Crippen molar-refractivity contribution in [2.24, 2.45) is 0 Å². The minimum absolute atomic E-state index is 0.595. The van der Waals surface area contributed by atoms with E-state index in [0.717, 1.165) is 27.7 Å². The number of para-hydroxylation sites is 2. The van der Waals surface area contributed by atoms with Gasteiger partial charge in [-0.3, -0.25) is 4.57 Å². The highest BCUT2D eigenvalue weighted by molar-refractivity contribution is 6.20. The molecule has 2 heterocycles. The molecule has 228 valence electrons. The Labute approximate surface area is 282 Å². The lowest BCUT2D eigenvalue weighted by molar-refractivity contribution is 0.953. The van der Waals surface area contributed by atoms with Crippen molar-refractivity contribution >= 4 is 54.1 Å². The molecular weight excluding hydrogens is 597 g/mol. The first-order chi connectivity index (χ1) is 24.3. The van der Waals surface area contributed by atoms with Gasteiger partial charge in [0.2, 0.25) is 5.95 Å². The predicted octanol–water partition coefficient (Wildman–Crippen LogP) is 11.4. The van der Waals surface area contributed by atoms with Gasteiger partial charge in [0.1, 0.15) is 0 Å². The molecule has 0 radical (unpaired) electrons. The largest absolute Gasteiger partial charge is 0.278 e. The minimum Gasteiger partial charge on any atom is -0.278 e. The highest BCUT2D eigenvalue weighted by Crippen LogP contribution is 2.40. The number of nitrogens with zero attached hydrogens (tertiary/aromatic N) is 4. The normalized spacial score (nSPS) is 11.7. The van der Waals surface area contributed by atoms with Crippen LogP contribution in [0.3, 0.4) is 0 Å². The summed E-state index contributed by atoms with van der Waals surface area (Å²) < 4.78 is 2.16. The zero-order valence-corrected chi connectivity index (χ0v) is 26.5. The van der Waals surface area contributed by atoms with Crippen LogP contribution in [0.15, 0.2) is 170 Å². The van der Waals surface area contributed by atoms with E-state index in [1.807, 2.05) is 30.3 Å². The van der Waals surface area contributed by atoms with Crippen molar-refractivity contribution in [3.63, 3.8) is 0 Å². The number of hydrogen-bond acceptors (Lipinski definition) is 3. The van der Waals surface area contributed by atoms with E-state index in [4.69, 9.17) is 15.0 Å². The van der Waals surface area contributed by atoms with Crippen molar-refractivity contribution in [1.29, 1.82) is 0 Å². The van der Waals surface area contributed by atoms with Crippen molar-refractivity contribution in [3.05, 3.63) is 170 Å². The van der Waals surface area contributed by atoms with E-state index < -0.39 is 0 Å². The average molecular weight is 625 g/mol. The van der Waals surface area contributed by atoms with Crippen molar-refractivity contribution in [2.45, 2.75) is 0 Å². The molecule has 8 aromatic carbocycles. The zero-order chi connectivity index (χ0) is 32.3. The summed E-state index contributed by atoms with van der Waals surface area (Å²) in [6.45, 7) is 0. The fraction of sp³-hybridized carbons (Fsp3) is 0. The third-order valence-corrected chi connectivity index (χ3v) is 9.64. The maximum Gasteiger partial charge on any atom is 0.238 e. The van der Waals surface area contributed by atoms with Crippen molar-refractivity contribution in [2.75, 3.05) is 0 Å². The SMILES string of the molecule is c1ccc(-c2nc(-c3ccc(-c4c5ccccc5cc5c4ccc4ccccc45)cc3)nc(-n3c4ccccc4c4ccccc43)n2)cc1. The van der Waals surface area contributed by atoms with Gasteiger partial charge >= 0.3 is 0 Å². The van der Waals surface area contributed by atoms with Gasteiger partial charge in [-0.25, -0.2) is 4.98 Å². The molecule has 0 aliphatic rings. The molecule has 0 saturated carbocycles. The van der Waals surface area contributed by atoms with Crippen LogP contribution in [-0.2, 0) is 0 Å². The molecule has 0 saturated heterocycles. The second kappa shape index (κ2) is 11.0. The van der Waals surface area contributed by atoms with Crippen LogP contribution in [0.5, 0.6) is 0 Å². The second-order valence-corrected chi connectivity index (χ2v) is 12.5. The maximum atomic E-state index is 5.15. The smallest absolute Gasteiger partial charge is 0.238 e. The van der Waals surface area contributed by atoms with Gasteiger partial charge < -0.3 is 0 Å². The first-order valence-corrected chi connectivity index (χ1v) is 16.5. The molecule has 10 rings (SSSR count). The van der Waals surface area contributed by atoms with E-state index in [1.165, 1.54) is 48.7 Å². The van der Waals surface area contributed by atoms with Crippen LogP contribution < -0.4 is 0 Å². The van der Waals surface area contributed by atoms with Gasteiger partial charge in [-0.05, 0) is 61.6 Å². The molecule has 0 aliphatic carbocycles. The summed E-state index contributed by atoms with van der Waals surface area (Å²) in [5, 5.41) is 9.81. The zero-order valence-electron chi connectivity index (χ0n) is 26.5. The highest BCUT2D eigenvalue weighted by atomic mass is 15.2. The molecule has 4 nitrogen and oxygen atoms in total. The summed E-state index contributed by atoms with van der Waals surface area (Å²) in [7, 11) is 0. The van der Waals surface area contributed by atoms with E-state index in [-0.39, 0.29) is 0 Å². The van der Waals surface area contributed by atoms with Crippen LogP contribution in [-0.4, -0.2) is 19.5 Å². The lowest BCUT2D eigenvalue weighted by atomic mass is 9.89. The molecule has 0 atom stereocenters. The van der Waals surface area contributed by atoms with Crippen LogP contribution in [0.1, 0.15) is 0 Å². The Balaban J connectivity index is 1.18. The van der Waals surface area contributed by atoms with Crippen LogP contribution >= 0.6 is 0 Å². The minimum atomic E-state index is 0.595. The molecular formula is C45H28N4. The van der Waals surface area contributed by atoms with E-state index in [9.17, 15) is 0 Å². The number of rotatable bonds is 4. The fourth-order valence-electron chi connectivity index (χ4n) is 7.37. The first kappa shape index (κ1) is 27.5. The highest BCUT2D eigenvalue weighted by Gasteiger charge is 2.18. The molecule has 4 heteroatoms.